The average molecular weight is 239 g/mol. The molecule has 1 unspecified atom stereocenters. The van der Waals surface area contributed by atoms with Crippen LogP contribution >= 0.6 is 0 Å². The Morgan fingerprint density at radius 1 is 1.35 bits per heavy atom. The molecule has 0 aromatic heterocycles. The molecule has 2 N–H and O–H groups in total. The first-order valence-corrected chi connectivity index (χ1v) is 6.92. The Morgan fingerprint density at radius 2 is 2.00 bits per heavy atom. The van der Waals surface area contributed by atoms with Gasteiger partial charge in [-0.2, -0.15) is 0 Å². The molecule has 2 aliphatic rings. The van der Waals surface area contributed by atoms with Crippen molar-refractivity contribution in [3.63, 3.8) is 0 Å². The zero-order chi connectivity index (χ0) is 12.3. The molecule has 0 bridgehead atoms. The van der Waals surface area contributed by atoms with E-state index in [0.717, 1.165) is 25.9 Å². The van der Waals surface area contributed by atoms with Gasteiger partial charge in [0.25, 0.3) is 0 Å². The topological polar surface area (TPSA) is 49.6 Å². The Labute approximate surface area is 104 Å². The Hall–Kier alpha value is -0.610. The predicted octanol–water partition coefficient (Wildman–Crippen LogP) is 0.811. The number of carbonyl (C=O) groups is 1. The molecule has 17 heavy (non-hydrogen) atoms. The van der Waals surface area contributed by atoms with Crippen LogP contribution in [0.15, 0.2) is 0 Å². The summed E-state index contributed by atoms with van der Waals surface area (Å²) in [7, 11) is 2.11. The van der Waals surface area contributed by atoms with Crippen LogP contribution < -0.4 is 5.73 Å². The van der Waals surface area contributed by atoms with E-state index in [-0.39, 0.29) is 6.04 Å². The zero-order valence-electron chi connectivity index (χ0n) is 10.9. The molecule has 2 rings (SSSR count). The predicted molar refractivity (Wildman–Crippen MR) is 68.7 cm³/mol. The van der Waals surface area contributed by atoms with Gasteiger partial charge >= 0.3 is 0 Å². The summed E-state index contributed by atoms with van der Waals surface area (Å²) in [5.41, 5.74) is 5.80. The number of amides is 1. The fourth-order valence-corrected chi connectivity index (χ4v) is 2.65. The largest absolute Gasteiger partial charge is 0.343 e. The van der Waals surface area contributed by atoms with E-state index in [0.29, 0.717) is 24.9 Å². The lowest BCUT2D eigenvalue weighted by Crippen LogP contribution is -2.45. The third-order valence-electron chi connectivity index (χ3n) is 4.09. The van der Waals surface area contributed by atoms with Gasteiger partial charge in [-0.25, -0.2) is 0 Å². The first kappa shape index (κ1) is 12.8. The molecule has 1 heterocycles. The maximum atomic E-state index is 12.2. The van der Waals surface area contributed by atoms with Crippen molar-refractivity contribution in [1.29, 1.82) is 0 Å². The number of likely N-dealkylation sites (tertiary alicyclic amines) is 1. The van der Waals surface area contributed by atoms with Crippen LogP contribution in [0.3, 0.4) is 0 Å². The van der Waals surface area contributed by atoms with Crippen molar-refractivity contribution in [2.75, 3.05) is 26.7 Å². The molecular formula is C13H25N3O. The quantitative estimate of drug-likeness (QED) is 0.772. The molecule has 4 heteroatoms. The van der Waals surface area contributed by atoms with Crippen molar-refractivity contribution in [3.8, 4) is 0 Å². The number of carbonyl (C=O) groups excluding carboxylic acids is 1. The lowest BCUT2D eigenvalue weighted by Gasteiger charge is -2.31. The second-order valence-corrected chi connectivity index (χ2v) is 5.43. The van der Waals surface area contributed by atoms with E-state index in [4.69, 9.17) is 5.73 Å². The number of rotatable bonds is 5. The summed E-state index contributed by atoms with van der Waals surface area (Å²) in [4.78, 5) is 16.5. The van der Waals surface area contributed by atoms with E-state index < -0.39 is 0 Å². The normalized spacial score (nSPS) is 22.9. The molecule has 1 saturated carbocycles. The van der Waals surface area contributed by atoms with Crippen LogP contribution in [-0.2, 0) is 4.79 Å². The summed E-state index contributed by atoms with van der Waals surface area (Å²) < 4.78 is 0. The molecule has 2 fully saturated rings. The van der Waals surface area contributed by atoms with Crippen LogP contribution in [0.5, 0.6) is 0 Å². The van der Waals surface area contributed by atoms with Gasteiger partial charge in [-0.3, -0.25) is 9.69 Å². The fourth-order valence-electron chi connectivity index (χ4n) is 2.65. The Bertz CT molecular complexity index is 259. The Balaban J connectivity index is 1.81. The molecule has 1 aliphatic heterocycles. The molecule has 1 amide bonds. The molecule has 0 aromatic rings. The van der Waals surface area contributed by atoms with E-state index in [2.05, 4.69) is 11.9 Å². The average Bonchev–Trinajstić information content (AvgIpc) is 3.20. The molecular weight excluding hydrogens is 214 g/mol. The van der Waals surface area contributed by atoms with Crippen molar-refractivity contribution >= 4 is 5.91 Å². The van der Waals surface area contributed by atoms with Gasteiger partial charge in [0.1, 0.15) is 0 Å². The first-order valence-electron chi connectivity index (χ1n) is 6.92. The van der Waals surface area contributed by atoms with E-state index in [1.807, 2.05) is 4.90 Å². The highest BCUT2D eigenvalue weighted by atomic mass is 16.2. The standard InChI is InChI=1S/C13H25N3O/c1-15(11-5-6-11)12(10-14)9-13(17)16-7-3-2-4-8-16/h11-12H,2-10,14H2,1H3. The number of nitrogens with zero attached hydrogens (tertiary/aromatic N) is 2. The minimum Gasteiger partial charge on any atom is -0.343 e. The minimum absolute atomic E-state index is 0.233. The van der Waals surface area contributed by atoms with E-state index >= 15 is 0 Å². The number of hydrogen-bond donors (Lipinski definition) is 1. The molecule has 0 spiro atoms. The van der Waals surface area contributed by atoms with E-state index in [1.165, 1.54) is 19.3 Å². The van der Waals surface area contributed by atoms with Crippen LogP contribution in [0.1, 0.15) is 38.5 Å². The van der Waals surface area contributed by atoms with Crippen LogP contribution in [0, 0.1) is 0 Å². The van der Waals surface area contributed by atoms with Crippen molar-refractivity contribution in [2.45, 2.75) is 50.6 Å². The van der Waals surface area contributed by atoms with Gasteiger partial charge < -0.3 is 10.6 Å². The van der Waals surface area contributed by atoms with Gasteiger partial charge in [-0.05, 0) is 39.2 Å². The third-order valence-corrected chi connectivity index (χ3v) is 4.09. The molecule has 0 aromatic carbocycles. The molecule has 4 nitrogen and oxygen atoms in total. The zero-order valence-corrected chi connectivity index (χ0v) is 10.9. The Morgan fingerprint density at radius 3 is 2.53 bits per heavy atom. The highest BCUT2D eigenvalue weighted by Gasteiger charge is 2.32. The molecule has 1 aliphatic carbocycles. The van der Waals surface area contributed by atoms with Gasteiger partial charge in [0.2, 0.25) is 5.91 Å². The maximum Gasteiger partial charge on any atom is 0.224 e. The van der Waals surface area contributed by atoms with Crippen molar-refractivity contribution in [1.82, 2.24) is 9.80 Å². The molecule has 98 valence electrons. The number of piperidine rings is 1. The van der Waals surface area contributed by atoms with Crippen molar-refractivity contribution in [3.05, 3.63) is 0 Å². The molecule has 1 saturated heterocycles. The lowest BCUT2D eigenvalue weighted by molar-refractivity contribution is -0.133. The van der Waals surface area contributed by atoms with Crippen LogP contribution in [0.4, 0.5) is 0 Å². The van der Waals surface area contributed by atoms with Gasteiger partial charge in [0, 0.05) is 38.1 Å². The number of hydrogen-bond acceptors (Lipinski definition) is 3. The first-order chi connectivity index (χ1) is 8.22. The smallest absolute Gasteiger partial charge is 0.224 e. The number of nitrogens with two attached hydrogens (primary N) is 1. The summed E-state index contributed by atoms with van der Waals surface area (Å²) in [6.07, 6.45) is 6.74. The monoisotopic (exact) mass is 239 g/mol. The SMILES string of the molecule is CN(C1CC1)C(CN)CC(=O)N1CCCCC1. The van der Waals surface area contributed by atoms with Gasteiger partial charge in [0.05, 0.1) is 0 Å². The number of likely N-dealkylation sites (N-methyl/N-ethyl adjacent to an activating group) is 1. The lowest BCUT2D eigenvalue weighted by atomic mass is 10.1. The summed E-state index contributed by atoms with van der Waals surface area (Å²) in [6.45, 7) is 2.49. The van der Waals surface area contributed by atoms with Crippen molar-refractivity contribution < 1.29 is 4.79 Å². The minimum atomic E-state index is 0.233. The summed E-state index contributed by atoms with van der Waals surface area (Å²) in [5, 5.41) is 0. The van der Waals surface area contributed by atoms with Gasteiger partial charge in [-0.15, -0.1) is 0 Å². The summed E-state index contributed by atoms with van der Waals surface area (Å²) in [6, 6.07) is 0.912. The van der Waals surface area contributed by atoms with E-state index in [1.54, 1.807) is 0 Å². The Kier molecular flexibility index (Phi) is 4.40. The van der Waals surface area contributed by atoms with Crippen molar-refractivity contribution in [2.24, 2.45) is 5.73 Å². The highest BCUT2D eigenvalue weighted by molar-refractivity contribution is 5.77. The molecule has 1 atom stereocenters. The maximum absolute atomic E-state index is 12.2. The van der Waals surface area contributed by atoms with Crippen LogP contribution in [-0.4, -0.2) is 54.5 Å². The summed E-state index contributed by atoms with van der Waals surface area (Å²) >= 11 is 0. The van der Waals surface area contributed by atoms with Gasteiger partial charge in [-0.1, -0.05) is 0 Å². The summed E-state index contributed by atoms with van der Waals surface area (Å²) in [5.74, 6) is 0.299. The van der Waals surface area contributed by atoms with E-state index in [9.17, 15) is 4.79 Å². The second-order valence-electron chi connectivity index (χ2n) is 5.43. The van der Waals surface area contributed by atoms with Crippen LogP contribution in [0.2, 0.25) is 0 Å². The third kappa shape index (κ3) is 3.42. The van der Waals surface area contributed by atoms with Crippen LogP contribution in [0.25, 0.3) is 0 Å². The molecule has 0 radical (unpaired) electrons. The fraction of sp³-hybridized carbons (Fsp3) is 0.923. The van der Waals surface area contributed by atoms with Gasteiger partial charge in [0.15, 0.2) is 0 Å². The second kappa shape index (κ2) is 5.83. The highest BCUT2D eigenvalue weighted by Crippen LogP contribution is 2.27.